The monoisotopic (exact) mass is 442 g/mol. The Labute approximate surface area is 182 Å². The average Bonchev–Trinajstić information content (AvgIpc) is 2.74. The Balaban J connectivity index is 1.92. The summed E-state index contributed by atoms with van der Waals surface area (Å²) in [6.45, 7) is 3.57. The maximum absolute atomic E-state index is 13.4. The third-order valence-corrected chi connectivity index (χ3v) is 6.92. The summed E-state index contributed by atoms with van der Waals surface area (Å²) in [4.78, 5) is 12.8. The third kappa shape index (κ3) is 5.01. The number of hydrogen-bond acceptors (Lipinski definition) is 3. The first-order valence-electron chi connectivity index (χ1n) is 9.44. The van der Waals surface area contributed by atoms with Crippen molar-refractivity contribution >= 4 is 33.2 Å². The van der Waals surface area contributed by atoms with Crippen LogP contribution in [0.4, 0.5) is 5.69 Å². The Morgan fingerprint density at radius 1 is 0.933 bits per heavy atom. The summed E-state index contributed by atoms with van der Waals surface area (Å²) >= 11 is 6.23. The number of carbonyl (C=O) groups excluding carboxylic acids is 1. The number of carbonyl (C=O) groups is 1. The normalized spacial score (nSPS) is 11.2. The number of rotatable bonds is 7. The molecule has 0 aliphatic rings. The quantitative estimate of drug-likeness (QED) is 0.587. The molecule has 0 fully saturated rings. The van der Waals surface area contributed by atoms with Crippen LogP contribution < -0.4 is 9.62 Å². The van der Waals surface area contributed by atoms with Gasteiger partial charge in [0.05, 0.1) is 10.6 Å². The highest BCUT2D eigenvalue weighted by molar-refractivity contribution is 7.92. The number of nitrogens with one attached hydrogen (secondary N) is 1. The number of aryl methyl sites for hydroxylation is 1. The zero-order chi connectivity index (χ0) is 21.7. The number of anilines is 1. The van der Waals surface area contributed by atoms with Crippen LogP contribution in [0.3, 0.4) is 0 Å². The van der Waals surface area contributed by atoms with Gasteiger partial charge in [-0.3, -0.25) is 9.10 Å². The second-order valence-corrected chi connectivity index (χ2v) is 9.24. The minimum absolute atomic E-state index is 0.114. The lowest BCUT2D eigenvalue weighted by Crippen LogP contribution is -2.41. The topological polar surface area (TPSA) is 66.5 Å². The van der Waals surface area contributed by atoms with Crippen LogP contribution in [0.2, 0.25) is 5.02 Å². The van der Waals surface area contributed by atoms with E-state index in [-0.39, 0.29) is 11.4 Å². The lowest BCUT2D eigenvalue weighted by atomic mass is 10.2. The highest BCUT2D eigenvalue weighted by atomic mass is 35.5. The largest absolute Gasteiger partial charge is 0.350 e. The van der Waals surface area contributed by atoms with Crippen LogP contribution >= 0.6 is 11.6 Å². The zero-order valence-electron chi connectivity index (χ0n) is 16.8. The molecule has 30 heavy (non-hydrogen) atoms. The van der Waals surface area contributed by atoms with Gasteiger partial charge in [0.25, 0.3) is 10.0 Å². The maximum Gasteiger partial charge on any atom is 0.264 e. The van der Waals surface area contributed by atoms with E-state index in [2.05, 4.69) is 5.32 Å². The minimum Gasteiger partial charge on any atom is -0.350 e. The molecule has 0 aliphatic heterocycles. The lowest BCUT2D eigenvalue weighted by molar-refractivity contribution is -0.119. The van der Waals surface area contributed by atoms with Gasteiger partial charge in [-0.25, -0.2) is 8.42 Å². The fourth-order valence-corrected chi connectivity index (χ4v) is 4.63. The SMILES string of the molecule is Cc1ccc(S(=O)(=O)N(CC(=O)NCc2ccccc2)c2cccc(Cl)c2C)cc1. The van der Waals surface area contributed by atoms with Crippen molar-refractivity contribution in [3.05, 3.63) is 94.5 Å². The van der Waals surface area contributed by atoms with Crippen molar-refractivity contribution in [3.8, 4) is 0 Å². The van der Waals surface area contributed by atoms with Crippen LogP contribution in [0, 0.1) is 13.8 Å². The Bertz CT molecular complexity index is 1130. The van der Waals surface area contributed by atoms with Crippen molar-refractivity contribution in [3.63, 3.8) is 0 Å². The van der Waals surface area contributed by atoms with Crippen LogP contribution in [0.1, 0.15) is 16.7 Å². The van der Waals surface area contributed by atoms with Gasteiger partial charge in [-0.05, 0) is 49.2 Å². The molecule has 3 aromatic carbocycles. The van der Waals surface area contributed by atoms with E-state index in [0.29, 0.717) is 22.8 Å². The summed E-state index contributed by atoms with van der Waals surface area (Å²) in [5.74, 6) is -0.408. The van der Waals surface area contributed by atoms with Crippen molar-refractivity contribution in [2.45, 2.75) is 25.3 Å². The second kappa shape index (κ2) is 9.32. The molecule has 0 bridgehead atoms. The summed E-state index contributed by atoms with van der Waals surface area (Å²) < 4.78 is 28.0. The molecule has 1 amide bonds. The Hall–Kier alpha value is -2.83. The maximum atomic E-state index is 13.4. The molecular formula is C23H23ClN2O3S. The first-order chi connectivity index (χ1) is 14.3. The van der Waals surface area contributed by atoms with Gasteiger partial charge in [-0.2, -0.15) is 0 Å². The van der Waals surface area contributed by atoms with E-state index in [1.54, 1.807) is 49.4 Å². The standard InChI is InChI=1S/C23H23ClN2O3S/c1-17-11-13-20(14-12-17)30(28,29)26(22-10-6-9-21(24)18(22)2)16-23(27)25-15-19-7-4-3-5-8-19/h3-14H,15-16H2,1-2H3,(H,25,27). The first-order valence-corrected chi connectivity index (χ1v) is 11.3. The molecule has 156 valence electrons. The van der Waals surface area contributed by atoms with Crippen LogP contribution in [-0.4, -0.2) is 20.9 Å². The molecule has 0 radical (unpaired) electrons. The van der Waals surface area contributed by atoms with Gasteiger partial charge in [-0.15, -0.1) is 0 Å². The molecular weight excluding hydrogens is 420 g/mol. The molecule has 0 heterocycles. The Morgan fingerprint density at radius 3 is 2.27 bits per heavy atom. The third-order valence-electron chi connectivity index (χ3n) is 4.74. The molecule has 0 aromatic heterocycles. The van der Waals surface area contributed by atoms with Gasteiger partial charge in [0.2, 0.25) is 5.91 Å². The van der Waals surface area contributed by atoms with Crippen molar-refractivity contribution in [2.24, 2.45) is 0 Å². The van der Waals surface area contributed by atoms with E-state index < -0.39 is 15.9 Å². The summed E-state index contributed by atoms with van der Waals surface area (Å²) in [5, 5.41) is 3.22. The number of sulfonamides is 1. The number of hydrogen-bond donors (Lipinski definition) is 1. The number of benzene rings is 3. The van der Waals surface area contributed by atoms with E-state index in [4.69, 9.17) is 11.6 Å². The molecule has 0 aliphatic carbocycles. The fourth-order valence-electron chi connectivity index (χ4n) is 2.99. The molecule has 0 spiro atoms. The van der Waals surface area contributed by atoms with Gasteiger partial charge in [0, 0.05) is 11.6 Å². The second-order valence-electron chi connectivity index (χ2n) is 6.97. The predicted molar refractivity (Wildman–Crippen MR) is 120 cm³/mol. The minimum atomic E-state index is -3.97. The number of nitrogens with zero attached hydrogens (tertiary/aromatic N) is 1. The van der Waals surface area contributed by atoms with Gasteiger partial charge < -0.3 is 5.32 Å². The average molecular weight is 443 g/mol. The van der Waals surface area contributed by atoms with Gasteiger partial charge in [-0.1, -0.05) is 65.7 Å². The van der Waals surface area contributed by atoms with Crippen LogP contribution in [0.5, 0.6) is 0 Å². The lowest BCUT2D eigenvalue weighted by Gasteiger charge is -2.26. The smallest absolute Gasteiger partial charge is 0.264 e. The highest BCUT2D eigenvalue weighted by Crippen LogP contribution is 2.30. The molecule has 3 aromatic rings. The zero-order valence-corrected chi connectivity index (χ0v) is 18.4. The van der Waals surface area contributed by atoms with E-state index in [1.807, 2.05) is 37.3 Å². The van der Waals surface area contributed by atoms with Gasteiger partial charge in [0.1, 0.15) is 6.54 Å². The Kier molecular flexibility index (Phi) is 6.80. The van der Waals surface area contributed by atoms with Crippen molar-refractivity contribution < 1.29 is 13.2 Å². The van der Waals surface area contributed by atoms with E-state index in [1.165, 1.54) is 0 Å². The molecule has 0 saturated heterocycles. The molecule has 3 rings (SSSR count). The summed E-state index contributed by atoms with van der Waals surface area (Å²) in [6.07, 6.45) is 0. The molecule has 7 heteroatoms. The highest BCUT2D eigenvalue weighted by Gasteiger charge is 2.28. The molecule has 0 saturated carbocycles. The van der Waals surface area contributed by atoms with Crippen LogP contribution in [0.25, 0.3) is 0 Å². The molecule has 5 nitrogen and oxygen atoms in total. The van der Waals surface area contributed by atoms with Crippen molar-refractivity contribution in [2.75, 3.05) is 10.8 Å². The first kappa shape index (κ1) is 21.9. The van der Waals surface area contributed by atoms with E-state index in [9.17, 15) is 13.2 Å². The molecule has 0 atom stereocenters. The number of halogens is 1. The van der Waals surface area contributed by atoms with Gasteiger partial charge in [0.15, 0.2) is 0 Å². The van der Waals surface area contributed by atoms with E-state index >= 15 is 0 Å². The summed E-state index contributed by atoms with van der Waals surface area (Å²) in [6, 6.07) is 21.0. The molecule has 1 N–H and O–H groups in total. The fraction of sp³-hybridized carbons (Fsp3) is 0.174. The predicted octanol–water partition coefficient (Wildman–Crippen LogP) is 4.47. The van der Waals surface area contributed by atoms with Crippen molar-refractivity contribution in [1.82, 2.24) is 5.32 Å². The number of amides is 1. The van der Waals surface area contributed by atoms with Gasteiger partial charge >= 0.3 is 0 Å². The van der Waals surface area contributed by atoms with E-state index in [0.717, 1.165) is 15.4 Å². The summed E-state index contributed by atoms with van der Waals surface area (Å²) in [7, 11) is -3.97. The summed E-state index contributed by atoms with van der Waals surface area (Å²) in [5.41, 5.74) is 2.83. The van der Waals surface area contributed by atoms with Crippen molar-refractivity contribution in [1.29, 1.82) is 0 Å². The Morgan fingerprint density at radius 2 is 1.60 bits per heavy atom. The van der Waals surface area contributed by atoms with Crippen LogP contribution in [-0.2, 0) is 21.4 Å². The van der Waals surface area contributed by atoms with Crippen LogP contribution in [0.15, 0.2) is 77.7 Å². The molecule has 0 unspecified atom stereocenters.